The smallest absolute Gasteiger partial charge is 0.315 e. The second-order valence-corrected chi connectivity index (χ2v) is 25.7. The first-order valence-electron chi connectivity index (χ1n) is 27.3. The SMILES string of the molecule is C[C@@H]1O[C@H](O[C@H]2[C@H](O)[C@@H](O)[C@H](O[C@H]3CC[C@@]4(C)[C@@H](CC[C@]5(C)[C@H]4CC=C4[C@@H]6CC(C)(C)CC[C@]6(C(=O)O[C@@H]6O[C@@H](OC[C@H]7OC[C@H](O)[C@@H](O)[C@@H]7O)[C@H](O)[C@@H](O)[C@H]6O)CC[C@]45C)[C@]3(C)CO)O[C@@H]2CO)[C@H](O)[C@H](O)[C@H]1O. The summed E-state index contributed by atoms with van der Waals surface area (Å²) in [4.78, 5) is 15.0. The van der Waals surface area contributed by atoms with Gasteiger partial charge in [0.1, 0.15) is 85.5 Å². The normalized spacial score (nSPS) is 54.8. The van der Waals surface area contributed by atoms with Gasteiger partial charge in [-0.05, 0) is 111 Å². The zero-order valence-corrected chi connectivity index (χ0v) is 44.2. The lowest BCUT2D eigenvalue weighted by molar-refractivity contribution is -0.367. The summed E-state index contributed by atoms with van der Waals surface area (Å²) in [5, 5.41) is 139. The average molecular weight is 1080 g/mol. The molecule has 22 nitrogen and oxygen atoms in total. The Morgan fingerprint density at radius 1 is 0.640 bits per heavy atom. The molecule has 8 fully saturated rings. The largest absolute Gasteiger partial charge is 0.432 e. The molecule has 22 heteroatoms. The van der Waals surface area contributed by atoms with Gasteiger partial charge in [-0.25, -0.2) is 0 Å². The fourth-order valence-electron chi connectivity index (χ4n) is 16.1. The number of esters is 1. The molecule has 4 aliphatic heterocycles. The lowest BCUT2D eigenvalue weighted by Crippen LogP contribution is -2.67. The van der Waals surface area contributed by atoms with Crippen molar-refractivity contribution in [1.29, 1.82) is 0 Å². The lowest BCUT2D eigenvalue weighted by Gasteiger charge is -2.71. The molecule has 13 N–H and O–H groups in total. The minimum Gasteiger partial charge on any atom is -0.432 e. The van der Waals surface area contributed by atoms with Crippen molar-refractivity contribution in [2.45, 2.75) is 235 Å². The fraction of sp³-hybridized carbons (Fsp3) is 0.943. The Labute approximate surface area is 437 Å². The number of carbonyl (C=O) groups is 1. The number of allylic oxidation sites excluding steroid dienone is 2. The van der Waals surface area contributed by atoms with Crippen molar-refractivity contribution in [3.63, 3.8) is 0 Å². The Hall–Kier alpha value is -1.59. The highest BCUT2D eigenvalue weighted by molar-refractivity contribution is 5.79. The summed E-state index contributed by atoms with van der Waals surface area (Å²) in [6, 6.07) is 0. The van der Waals surface area contributed by atoms with Crippen LogP contribution >= 0.6 is 0 Å². The summed E-state index contributed by atoms with van der Waals surface area (Å²) >= 11 is 0. The predicted molar refractivity (Wildman–Crippen MR) is 257 cm³/mol. The number of rotatable bonds is 11. The number of fused-ring (bicyclic) bond motifs is 7. The van der Waals surface area contributed by atoms with Crippen molar-refractivity contribution in [2.24, 2.45) is 50.2 Å². The van der Waals surface area contributed by atoms with Gasteiger partial charge in [0.25, 0.3) is 0 Å². The van der Waals surface area contributed by atoms with Gasteiger partial charge in [-0.3, -0.25) is 4.79 Å². The molecule has 9 aliphatic rings. The highest BCUT2D eigenvalue weighted by Gasteiger charge is 2.71. The van der Waals surface area contributed by atoms with Crippen LogP contribution in [-0.2, 0) is 42.7 Å². The molecular weight excluding hydrogens is 989 g/mol. The third kappa shape index (κ3) is 9.50. The second-order valence-electron chi connectivity index (χ2n) is 25.7. The summed E-state index contributed by atoms with van der Waals surface area (Å²) in [5.41, 5.74) is -1.74. The number of ether oxygens (including phenoxy) is 8. The molecule has 0 aromatic carbocycles. The van der Waals surface area contributed by atoms with Crippen molar-refractivity contribution in [2.75, 3.05) is 26.4 Å². The van der Waals surface area contributed by atoms with Crippen LogP contribution in [0.1, 0.15) is 113 Å². The third-order valence-electron chi connectivity index (χ3n) is 21.1. The minimum atomic E-state index is -1.84. The van der Waals surface area contributed by atoms with Crippen LogP contribution < -0.4 is 0 Å². The van der Waals surface area contributed by atoms with E-state index in [1.54, 1.807) is 0 Å². The van der Waals surface area contributed by atoms with E-state index >= 15 is 4.79 Å². The molecule has 28 atom stereocenters. The molecule has 9 rings (SSSR count). The van der Waals surface area contributed by atoms with Crippen LogP contribution in [0, 0.1) is 50.2 Å². The number of aliphatic hydroxyl groups excluding tert-OH is 13. The van der Waals surface area contributed by atoms with Crippen LogP contribution in [0.5, 0.6) is 0 Å². The Morgan fingerprint density at radius 3 is 1.97 bits per heavy atom. The Balaban J connectivity index is 0.914. The van der Waals surface area contributed by atoms with Gasteiger partial charge in [-0.1, -0.05) is 53.2 Å². The molecule has 75 heavy (non-hydrogen) atoms. The highest BCUT2D eigenvalue weighted by Crippen LogP contribution is 2.76. The summed E-state index contributed by atoms with van der Waals surface area (Å²) in [6.07, 6.45) is -20.9. The Kier molecular flexibility index (Phi) is 16.3. The minimum absolute atomic E-state index is 0.0657. The molecule has 5 aliphatic carbocycles. The standard InChI is InChI=1S/C53H86O22/c1-23-32(57)35(60)39(64)44(70-23)73-42-27(19-54)71-45(41(66)37(42)62)72-31-11-12-49(4)29(50(31,5)22-55)10-13-52(7)30(49)9-8-24-25-18-48(2,3)14-16-53(25,17-15-51(24,52)6)47(67)75-46-40(65)36(61)38(63)43(74-46)69-21-28-34(59)33(58)26(56)20-68-28/h8,23,25-46,54-66H,9-22H2,1-7H3/t23-,25-,26-,27+,28+,29+,30-,31-,32-,33+,34+,35+,36+,37+,38+,39+,40+,41+,42+,43+,44+,45-,46-,49-,50-,51+,52+,53-/m0/s1. The van der Waals surface area contributed by atoms with Crippen molar-refractivity contribution in [3.05, 3.63) is 11.6 Å². The van der Waals surface area contributed by atoms with Gasteiger partial charge in [-0.2, -0.15) is 0 Å². The van der Waals surface area contributed by atoms with E-state index in [4.69, 9.17) is 37.9 Å². The van der Waals surface area contributed by atoms with Crippen LogP contribution in [-0.4, -0.2) is 222 Å². The molecule has 0 amide bonds. The molecule has 0 radical (unpaired) electrons. The number of hydrogen-bond acceptors (Lipinski definition) is 22. The van der Waals surface area contributed by atoms with Crippen molar-refractivity contribution < 1.29 is 109 Å². The molecule has 0 bridgehead atoms. The summed E-state index contributed by atoms with van der Waals surface area (Å²) in [5.74, 6) is -0.755. The van der Waals surface area contributed by atoms with Crippen molar-refractivity contribution >= 4 is 5.97 Å². The van der Waals surface area contributed by atoms with E-state index in [1.807, 2.05) is 6.92 Å². The molecule has 0 unspecified atom stereocenters. The monoisotopic (exact) mass is 1070 g/mol. The molecular formula is C53H86O22. The van der Waals surface area contributed by atoms with E-state index in [9.17, 15) is 66.4 Å². The van der Waals surface area contributed by atoms with Gasteiger partial charge >= 0.3 is 5.97 Å². The van der Waals surface area contributed by atoms with Crippen LogP contribution in [0.4, 0.5) is 0 Å². The molecule has 0 aromatic heterocycles. The first-order chi connectivity index (χ1) is 35.1. The van der Waals surface area contributed by atoms with Gasteiger partial charge in [0, 0.05) is 5.41 Å². The second kappa shape index (κ2) is 21.1. The highest BCUT2D eigenvalue weighted by atomic mass is 16.8. The van der Waals surface area contributed by atoms with E-state index in [1.165, 1.54) is 12.5 Å². The third-order valence-corrected chi connectivity index (χ3v) is 21.1. The van der Waals surface area contributed by atoms with E-state index in [2.05, 4.69) is 40.7 Å². The molecule has 4 saturated heterocycles. The maximum atomic E-state index is 15.0. The molecule has 4 saturated carbocycles. The maximum absolute atomic E-state index is 15.0. The van der Waals surface area contributed by atoms with Gasteiger partial charge in [0.2, 0.25) is 6.29 Å². The fourth-order valence-corrected chi connectivity index (χ4v) is 16.1. The van der Waals surface area contributed by atoms with E-state index < -0.39 is 153 Å². The summed E-state index contributed by atoms with van der Waals surface area (Å²) < 4.78 is 47.2. The molecule has 0 spiro atoms. The van der Waals surface area contributed by atoms with Crippen molar-refractivity contribution in [3.8, 4) is 0 Å². The average Bonchev–Trinajstić information content (AvgIpc) is 3.44. The summed E-state index contributed by atoms with van der Waals surface area (Å²) in [7, 11) is 0. The predicted octanol–water partition coefficient (Wildman–Crippen LogP) is -1.40. The zero-order chi connectivity index (χ0) is 54.7. The number of aliphatic hydroxyl groups is 13. The first kappa shape index (κ1) is 58.1. The van der Waals surface area contributed by atoms with E-state index in [0.717, 1.165) is 19.3 Å². The number of hydrogen-bond donors (Lipinski definition) is 13. The van der Waals surface area contributed by atoms with Crippen LogP contribution in [0.25, 0.3) is 0 Å². The van der Waals surface area contributed by atoms with E-state index in [0.29, 0.717) is 44.9 Å². The number of carbonyl (C=O) groups excluding carboxylic acids is 1. The van der Waals surface area contributed by atoms with Crippen molar-refractivity contribution in [1.82, 2.24) is 0 Å². The summed E-state index contributed by atoms with van der Waals surface area (Å²) in [6.45, 7) is 13.3. The molecule has 0 aromatic rings. The van der Waals surface area contributed by atoms with Gasteiger partial charge < -0.3 is 104 Å². The Morgan fingerprint density at radius 2 is 1.28 bits per heavy atom. The van der Waals surface area contributed by atoms with Crippen LogP contribution in [0.3, 0.4) is 0 Å². The molecule has 430 valence electrons. The van der Waals surface area contributed by atoms with Crippen LogP contribution in [0.15, 0.2) is 11.6 Å². The quantitative estimate of drug-likeness (QED) is 0.0643. The topological polar surface area (TPSA) is 354 Å². The molecule has 4 heterocycles. The lowest BCUT2D eigenvalue weighted by atomic mass is 9.33. The van der Waals surface area contributed by atoms with Gasteiger partial charge in [0.15, 0.2) is 18.9 Å². The first-order valence-corrected chi connectivity index (χ1v) is 27.3. The van der Waals surface area contributed by atoms with Gasteiger partial charge in [0.05, 0.1) is 44.1 Å². The van der Waals surface area contributed by atoms with E-state index in [-0.39, 0.29) is 52.6 Å². The maximum Gasteiger partial charge on any atom is 0.315 e. The Bertz CT molecular complexity index is 2060. The van der Waals surface area contributed by atoms with Gasteiger partial charge in [-0.15, -0.1) is 0 Å². The van der Waals surface area contributed by atoms with Crippen LogP contribution in [0.2, 0.25) is 0 Å². The zero-order valence-electron chi connectivity index (χ0n) is 44.2.